The number of carboxylic acid groups (broad SMARTS) is 1. The van der Waals surface area contributed by atoms with Gasteiger partial charge < -0.3 is 23.8 Å². The molecule has 0 heterocycles. The van der Waals surface area contributed by atoms with Crippen LogP contribution < -0.4 is 0 Å². The molecule has 0 spiro atoms. The van der Waals surface area contributed by atoms with Gasteiger partial charge in [0.05, 0.1) is 34.4 Å². The molecule has 0 fully saturated rings. The molecule has 0 saturated heterocycles. The molecule has 1 N–H and O–H groups in total. The number of unbranched alkanes of at least 4 members (excludes halogenated alkanes) is 14. The molecule has 0 aromatic heterocycles. The number of quaternary nitrogens is 1. The Balaban J connectivity index is 4.43. The third-order valence-corrected chi connectivity index (χ3v) is 8.29. The maximum Gasteiger partial charge on any atom is 0.362 e. The number of aliphatic carboxylic acids is 1. The summed E-state index contributed by atoms with van der Waals surface area (Å²) < 4.78 is 17.1. The normalized spacial score (nSPS) is 13.4. The molecule has 0 radical (unpaired) electrons. The maximum atomic E-state index is 12.6. The van der Waals surface area contributed by atoms with Crippen molar-refractivity contribution >= 4 is 17.9 Å². The van der Waals surface area contributed by atoms with E-state index in [1.165, 1.54) is 64.2 Å². The molecule has 8 heteroatoms. The fourth-order valence-electron chi connectivity index (χ4n) is 5.26. The molecule has 0 saturated carbocycles. The Kier molecular flexibility index (Phi) is 30.2. The summed E-state index contributed by atoms with van der Waals surface area (Å²) in [5, 5.41) is 9.56. The van der Waals surface area contributed by atoms with Gasteiger partial charge in [0.15, 0.2) is 12.1 Å². The third kappa shape index (κ3) is 29.7. The van der Waals surface area contributed by atoms with Gasteiger partial charge in [-0.05, 0) is 57.8 Å². The minimum Gasteiger partial charge on any atom is -0.477 e. The summed E-state index contributed by atoms with van der Waals surface area (Å²) in [5.74, 6) is -1.53. The predicted molar refractivity (Wildman–Crippen MR) is 197 cm³/mol. The lowest BCUT2D eigenvalue weighted by Crippen LogP contribution is -2.50. The van der Waals surface area contributed by atoms with Crippen molar-refractivity contribution in [3.8, 4) is 0 Å². The molecule has 2 atom stereocenters. The molecule has 0 bridgehead atoms. The summed E-state index contributed by atoms with van der Waals surface area (Å²) in [6.07, 6.45) is 33.4. The molecule has 0 amide bonds. The second-order valence-corrected chi connectivity index (χ2v) is 13.9. The van der Waals surface area contributed by atoms with E-state index in [9.17, 15) is 19.5 Å². The number of nitrogens with zero attached hydrogens (tertiary/aromatic N) is 1. The van der Waals surface area contributed by atoms with Crippen molar-refractivity contribution in [2.75, 3.05) is 41.0 Å². The number of likely N-dealkylation sites (N-methyl/N-ethyl adjacent to an activating group) is 1. The van der Waals surface area contributed by atoms with Gasteiger partial charge in [-0.25, -0.2) is 4.79 Å². The molecule has 0 aliphatic carbocycles. The van der Waals surface area contributed by atoms with Crippen molar-refractivity contribution in [2.45, 2.75) is 161 Å². The summed E-state index contributed by atoms with van der Waals surface area (Å²) in [5.41, 5.74) is 0. The lowest BCUT2D eigenvalue weighted by atomic mass is 10.1. The van der Waals surface area contributed by atoms with E-state index in [0.717, 1.165) is 44.9 Å². The first-order valence-electron chi connectivity index (χ1n) is 19.0. The zero-order chi connectivity index (χ0) is 35.7. The summed E-state index contributed by atoms with van der Waals surface area (Å²) >= 11 is 0. The van der Waals surface area contributed by atoms with Crippen LogP contribution in [0.2, 0.25) is 0 Å². The van der Waals surface area contributed by atoms with E-state index < -0.39 is 18.1 Å². The lowest BCUT2D eigenvalue weighted by Gasteiger charge is -2.31. The van der Waals surface area contributed by atoms with Crippen LogP contribution in [0.3, 0.4) is 0 Å². The second kappa shape index (κ2) is 31.8. The standard InChI is InChI=1S/C40H71NO7/c1-6-8-10-12-14-16-17-18-19-20-21-23-24-26-28-30-38(42)47-35-36(34-46-33-32-37(40(44)45)41(3,4)5)48-39(43)31-29-27-25-22-15-13-11-9-7-2/h14,16-18,22,25,36-37H,6-13,15,19-21,23-24,26-35H2,1-5H3/p+1/b16-14+,18-17+,25-22+. The molecular weight excluding hydrogens is 606 g/mol. The van der Waals surface area contributed by atoms with Crippen molar-refractivity contribution in [1.82, 2.24) is 0 Å². The highest BCUT2D eigenvalue weighted by Gasteiger charge is 2.31. The van der Waals surface area contributed by atoms with E-state index in [4.69, 9.17) is 14.2 Å². The Morgan fingerprint density at radius 2 is 1.12 bits per heavy atom. The first-order chi connectivity index (χ1) is 23.1. The molecule has 0 aromatic rings. The minimum atomic E-state index is -0.883. The van der Waals surface area contributed by atoms with Crippen LogP contribution in [0.25, 0.3) is 0 Å². The number of allylic oxidation sites excluding steroid dienone is 6. The number of rotatable bonds is 33. The number of ether oxygens (including phenoxy) is 3. The van der Waals surface area contributed by atoms with E-state index in [1.54, 1.807) is 0 Å². The van der Waals surface area contributed by atoms with Crippen LogP contribution in [-0.4, -0.2) is 80.6 Å². The van der Waals surface area contributed by atoms with Crippen LogP contribution >= 0.6 is 0 Å². The quantitative estimate of drug-likeness (QED) is 0.0243. The fraction of sp³-hybridized carbons (Fsp3) is 0.775. The largest absolute Gasteiger partial charge is 0.477 e. The highest BCUT2D eigenvalue weighted by Crippen LogP contribution is 2.12. The number of carboxylic acids is 1. The Morgan fingerprint density at radius 3 is 1.73 bits per heavy atom. The first-order valence-corrected chi connectivity index (χ1v) is 19.0. The Bertz CT molecular complexity index is 891. The maximum absolute atomic E-state index is 12.6. The van der Waals surface area contributed by atoms with Gasteiger partial charge in [0, 0.05) is 19.3 Å². The van der Waals surface area contributed by atoms with Gasteiger partial charge in [-0.2, -0.15) is 0 Å². The van der Waals surface area contributed by atoms with Gasteiger partial charge in [0.25, 0.3) is 0 Å². The van der Waals surface area contributed by atoms with Gasteiger partial charge in [-0.3, -0.25) is 9.59 Å². The van der Waals surface area contributed by atoms with Gasteiger partial charge >= 0.3 is 17.9 Å². The van der Waals surface area contributed by atoms with Crippen LogP contribution in [0.5, 0.6) is 0 Å². The highest BCUT2D eigenvalue weighted by atomic mass is 16.6. The van der Waals surface area contributed by atoms with E-state index in [-0.39, 0.29) is 42.7 Å². The van der Waals surface area contributed by atoms with Crippen molar-refractivity contribution in [3.63, 3.8) is 0 Å². The van der Waals surface area contributed by atoms with Crippen LogP contribution in [0, 0.1) is 0 Å². The lowest BCUT2D eigenvalue weighted by molar-refractivity contribution is -0.887. The number of esters is 2. The van der Waals surface area contributed by atoms with Gasteiger partial charge in [-0.15, -0.1) is 0 Å². The number of hydrogen-bond acceptors (Lipinski definition) is 6. The van der Waals surface area contributed by atoms with Crippen LogP contribution in [0.4, 0.5) is 0 Å². The number of carbonyl (C=O) groups is 3. The SMILES string of the molecule is CCCCC/C=C/C=C/CCCCCCCCC(=O)OCC(COCCC(C(=O)O)[N+](C)(C)C)OC(=O)CCC/C=C/CCCCCC. The van der Waals surface area contributed by atoms with E-state index in [2.05, 4.69) is 50.3 Å². The smallest absolute Gasteiger partial charge is 0.362 e. The monoisotopic (exact) mass is 679 g/mol. The molecule has 278 valence electrons. The van der Waals surface area contributed by atoms with Crippen LogP contribution in [0.15, 0.2) is 36.5 Å². The molecule has 0 rings (SSSR count). The topological polar surface area (TPSA) is 99.1 Å². The molecular formula is C40H72NO7+. The van der Waals surface area contributed by atoms with Gasteiger partial charge in [0.1, 0.15) is 6.61 Å². The number of hydrogen-bond donors (Lipinski definition) is 1. The van der Waals surface area contributed by atoms with Crippen molar-refractivity contribution in [1.29, 1.82) is 0 Å². The van der Waals surface area contributed by atoms with Gasteiger partial charge in [-0.1, -0.05) is 108 Å². The summed E-state index contributed by atoms with van der Waals surface area (Å²) in [6, 6.07) is -0.618. The summed E-state index contributed by atoms with van der Waals surface area (Å²) in [7, 11) is 5.50. The van der Waals surface area contributed by atoms with E-state index >= 15 is 0 Å². The Hall–Kier alpha value is -2.45. The Morgan fingerprint density at radius 1 is 0.625 bits per heavy atom. The zero-order valence-electron chi connectivity index (χ0n) is 31.4. The molecule has 48 heavy (non-hydrogen) atoms. The summed E-state index contributed by atoms with van der Waals surface area (Å²) in [4.78, 5) is 36.7. The van der Waals surface area contributed by atoms with Crippen LogP contribution in [-0.2, 0) is 28.6 Å². The second-order valence-electron chi connectivity index (χ2n) is 13.9. The van der Waals surface area contributed by atoms with Crippen molar-refractivity contribution in [3.05, 3.63) is 36.5 Å². The fourth-order valence-corrected chi connectivity index (χ4v) is 5.26. The minimum absolute atomic E-state index is 0.0462. The highest BCUT2D eigenvalue weighted by molar-refractivity contribution is 5.72. The van der Waals surface area contributed by atoms with E-state index in [0.29, 0.717) is 19.3 Å². The molecule has 0 aliphatic rings. The Labute approximate surface area is 293 Å². The molecule has 0 aromatic carbocycles. The molecule has 2 unspecified atom stereocenters. The van der Waals surface area contributed by atoms with Gasteiger partial charge in [0.2, 0.25) is 0 Å². The number of carbonyl (C=O) groups excluding carboxylic acids is 2. The average molecular weight is 679 g/mol. The van der Waals surface area contributed by atoms with Crippen molar-refractivity contribution < 1.29 is 38.2 Å². The van der Waals surface area contributed by atoms with Crippen molar-refractivity contribution in [2.24, 2.45) is 0 Å². The average Bonchev–Trinajstić information content (AvgIpc) is 3.03. The summed E-state index contributed by atoms with van der Waals surface area (Å²) in [6.45, 7) is 4.61. The first kappa shape index (κ1) is 45.6. The third-order valence-electron chi connectivity index (χ3n) is 8.29. The zero-order valence-corrected chi connectivity index (χ0v) is 31.4. The van der Waals surface area contributed by atoms with E-state index in [1.807, 2.05) is 21.1 Å². The molecule has 8 nitrogen and oxygen atoms in total. The van der Waals surface area contributed by atoms with Crippen LogP contribution in [0.1, 0.15) is 149 Å². The molecule has 0 aliphatic heterocycles. The predicted octanol–water partition coefficient (Wildman–Crippen LogP) is 9.52.